The van der Waals surface area contributed by atoms with Gasteiger partial charge >= 0.3 is 12.3 Å². The number of alkyl halides is 3. The third kappa shape index (κ3) is 3.05. The number of hydrogen-bond acceptors (Lipinski definition) is 5. The summed E-state index contributed by atoms with van der Waals surface area (Å²) in [7, 11) is 0. The third-order valence-electron chi connectivity index (χ3n) is 4.50. The summed E-state index contributed by atoms with van der Waals surface area (Å²) < 4.78 is 46.6. The molecule has 0 radical (unpaired) electrons. The summed E-state index contributed by atoms with van der Waals surface area (Å²) in [6.45, 7) is 3.24. The van der Waals surface area contributed by atoms with Gasteiger partial charge in [0.15, 0.2) is 10.7 Å². The maximum Gasteiger partial charge on any atom is 0.435 e. The molecule has 28 heavy (non-hydrogen) atoms. The molecule has 1 N–H and O–H groups in total. The van der Waals surface area contributed by atoms with Crippen molar-refractivity contribution in [2.24, 2.45) is 0 Å². The molecule has 148 valence electrons. The Balaban J connectivity index is 1.66. The molecule has 1 saturated heterocycles. The Hall–Kier alpha value is -2.82. The molecule has 0 spiro atoms. The predicted octanol–water partition coefficient (Wildman–Crippen LogP) is 3.34. The first-order chi connectivity index (χ1) is 13.1. The zero-order valence-corrected chi connectivity index (χ0v) is 15.6. The second-order valence-electron chi connectivity index (χ2n) is 6.47. The number of carbonyl (C=O) groups is 2. The number of anilines is 1. The van der Waals surface area contributed by atoms with E-state index in [2.05, 4.69) is 10.3 Å². The number of nitrogens with zero attached hydrogens (tertiary/aromatic N) is 3. The number of cyclic esters (lactones) is 1. The molecular weight excluding hydrogens is 397 g/mol. The minimum absolute atomic E-state index is 0.0254. The fraction of sp³-hybridized carbons (Fsp3) is 0.353. The lowest BCUT2D eigenvalue weighted by atomic mass is 10.2. The van der Waals surface area contributed by atoms with Crippen LogP contribution in [-0.2, 0) is 15.7 Å². The summed E-state index contributed by atoms with van der Waals surface area (Å²) >= 11 is 1.12. The minimum Gasteiger partial charge on any atom is -0.442 e. The van der Waals surface area contributed by atoms with Gasteiger partial charge in [0, 0.05) is 12.6 Å². The van der Waals surface area contributed by atoms with E-state index in [1.54, 1.807) is 18.2 Å². The van der Waals surface area contributed by atoms with E-state index in [9.17, 15) is 22.8 Å². The highest BCUT2D eigenvalue weighted by Gasteiger charge is 2.37. The van der Waals surface area contributed by atoms with Crippen molar-refractivity contribution in [3.8, 4) is 0 Å². The average molecular weight is 412 g/mol. The number of hydrogen-bond donors (Lipinski definition) is 1. The summed E-state index contributed by atoms with van der Waals surface area (Å²) in [6, 6.07) is 5.05. The molecule has 7 nitrogen and oxygen atoms in total. The molecular formula is C17H15F3N4O3S. The maximum atomic E-state index is 13.1. The number of carbonyl (C=O) groups excluding carboxylic acids is 2. The van der Waals surface area contributed by atoms with Crippen LogP contribution in [-0.4, -0.2) is 40.6 Å². The zero-order chi connectivity index (χ0) is 20.2. The van der Waals surface area contributed by atoms with E-state index in [-0.39, 0.29) is 29.7 Å². The van der Waals surface area contributed by atoms with Gasteiger partial charge in [-0.25, -0.2) is 9.78 Å². The van der Waals surface area contributed by atoms with Crippen LogP contribution < -0.4 is 10.2 Å². The van der Waals surface area contributed by atoms with E-state index in [0.29, 0.717) is 15.9 Å². The molecule has 11 heteroatoms. The molecule has 0 unspecified atom stereocenters. The van der Waals surface area contributed by atoms with E-state index < -0.39 is 24.1 Å². The van der Waals surface area contributed by atoms with Crippen LogP contribution in [0.5, 0.6) is 0 Å². The highest BCUT2D eigenvalue weighted by Crippen LogP contribution is 2.37. The fourth-order valence-electron chi connectivity index (χ4n) is 3.23. The lowest BCUT2D eigenvalue weighted by Crippen LogP contribution is -2.33. The van der Waals surface area contributed by atoms with E-state index in [1.807, 2.05) is 0 Å². The number of aryl methyl sites for hydroxylation is 1. The van der Waals surface area contributed by atoms with Crippen LogP contribution >= 0.6 is 11.3 Å². The first-order valence-electron chi connectivity index (χ1n) is 8.36. The molecule has 2 amide bonds. The molecule has 1 atom stereocenters. The lowest BCUT2D eigenvalue weighted by molar-refractivity contribution is -0.141. The number of ether oxygens (including phenoxy) is 1. The number of thiazole rings is 1. The number of amides is 2. The van der Waals surface area contributed by atoms with Crippen molar-refractivity contribution >= 4 is 44.2 Å². The Morgan fingerprint density at radius 1 is 1.43 bits per heavy atom. The average Bonchev–Trinajstić information content (AvgIpc) is 3.24. The summed E-state index contributed by atoms with van der Waals surface area (Å²) in [5.74, 6) is -0.216. The molecule has 0 aliphatic carbocycles. The largest absolute Gasteiger partial charge is 0.442 e. The second kappa shape index (κ2) is 6.36. The topological polar surface area (TPSA) is 75.9 Å². The number of rotatable bonds is 3. The molecule has 1 aliphatic rings. The Morgan fingerprint density at radius 2 is 2.18 bits per heavy atom. The van der Waals surface area contributed by atoms with Gasteiger partial charge in [-0.15, -0.1) is 0 Å². The van der Waals surface area contributed by atoms with Crippen molar-refractivity contribution in [2.75, 3.05) is 18.0 Å². The third-order valence-corrected chi connectivity index (χ3v) is 5.50. The Bertz CT molecular complexity index is 1100. The molecule has 0 saturated carbocycles. The summed E-state index contributed by atoms with van der Waals surface area (Å²) in [5.41, 5.74) is 0.291. The second-order valence-corrected chi connectivity index (χ2v) is 7.48. The van der Waals surface area contributed by atoms with Gasteiger partial charge in [0.25, 0.3) is 0 Å². The number of imidazole rings is 1. The number of nitrogens with one attached hydrogen (secondary N) is 1. The number of halogens is 3. The smallest absolute Gasteiger partial charge is 0.435 e. The first kappa shape index (κ1) is 18.5. The van der Waals surface area contributed by atoms with Crippen molar-refractivity contribution in [3.05, 3.63) is 29.6 Å². The van der Waals surface area contributed by atoms with Crippen LogP contribution in [0.3, 0.4) is 0 Å². The molecule has 1 aliphatic heterocycles. The van der Waals surface area contributed by atoms with Crippen LogP contribution in [0.15, 0.2) is 18.2 Å². The van der Waals surface area contributed by atoms with Crippen molar-refractivity contribution in [1.82, 2.24) is 14.7 Å². The van der Waals surface area contributed by atoms with Crippen molar-refractivity contribution in [2.45, 2.75) is 26.1 Å². The summed E-state index contributed by atoms with van der Waals surface area (Å²) in [5, 5.41) is 2.60. The van der Waals surface area contributed by atoms with Crippen LogP contribution in [0.2, 0.25) is 0 Å². The van der Waals surface area contributed by atoms with Gasteiger partial charge in [-0.2, -0.15) is 13.2 Å². The fourth-order valence-corrected chi connectivity index (χ4v) is 4.33. The van der Waals surface area contributed by atoms with Gasteiger partial charge in [0.1, 0.15) is 6.10 Å². The number of fused-ring (bicyclic) bond motifs is 3. The van der Waals surface area contributed by atoms with Gasteiger partial charge in [0.05, 0.1) is 29.0 Å². The van der Waals surface area contributed by atoms with E-state index in [4.69, 9.17) is 4.74 Å². The van der Waals surface area contributed by atoms with E-state index >= 15 is 0 Å². The zero-order valence-electron chi connectivity index (χ0n) is 14.8. The van der Waals surface area contributed by atoms with Crippen LogP contribution in [0.25, 0.3) is 15.2 Å². The van der Waals surface area contributed by atoms with E-state index in [0.717, 1.165) is 11.3 Å². The van der Waals surface area contributed by atoms with Crippen LogP contribution in [0, 0.1) is 6.92 Å². The first-order valence-corrected chi connectivity index (χ1v) is 9.18. The lowest BCUT2D eigenvalue weighted by Gasteiger charge is -2.13. The molecule has 0 bridgehead atoms. The van der Waals surface area contributed by atoms with Gasteiger partial charge in [-0.1, -0.05) is 11.3 Å². The number of benzene rings is 1. The molecule has 1 aromatic carbocycles. The van der Waals surface area contributed by atoms with Crippen molar-refractivity contribution in [1.29, 1.82) is 0 Å². The van der Waals surface area contributed by atoms with Crippen LogP contribution in [0.4, 0.5) is 23.7 Å². The van der Waals surface area contributed by atoms with Gasteiger partial charge in [-0.05, 0) is 25.1 Å². The molecule has 1 fully saturated rings. The van der Waals surface area contributed by atoms with Crippen LogP contribution in [0.1, 0.15) is 18.3 Å². The van der Waals surface area contributed by atoms with Gasteiger partial charge in [0.2, 0.25) is 5.91 Å². The normalized spacial score (nSPS) is 17.5. The highest BCUT2D eigenvalue weighted by atomic mass is 32.1. The Kier molecular flexibility index (Phi) is 4.21. The van der Waals surface area contributed by atoms with Gasteiger partial charge < -0.3 is 10.1 Å². The maximum absolute atomic E-state index is 13.1. The Morgan fingerprint density at radius 3 is 2.86 bits per heavy atom. The van der Waals surface area contributed by atoms with Crippen molar-refractivity contribution < 1.29 is 27.5 Å². The minimum atomic E-state index is -4.51. The molecule has 3 aromatic rings. The molecule has 3 heterocycles. The highest BCUT2D eigenvalue weighted by molar-refractivity contribution is 7.23. The van der Waals surface area contributed by atoms with Crippen molar-refractivity contribution in [3.63, 3.8) is 0 Å². The van der Waals surface area contributed by atoms with Gasteiger partial charge in [-0.3, -0.25) is 14.1 Å². The Labute approximate surface area is 160 Å². The summed E-state index contributed by atoms with van der Waals surface area (Å²) in [4.78, 5) is 28.6. The molecule has 2 aromatic heterocycles. The quantitative estimate of drug-likeness (QED) is 0.716. The standard InChI is InChI=1S/C17H15F3N4O3S/c1-8-14(17(18,19)20)22-15-24(8)12-4-3-10(5-13(12)28-15)23-7-11(27-16(23)26)6-21-9(2)25/h3-5,11H,6-7H2,1-2H3,(H,21,25)/t11-/m0/s1. The SMILES string of the molecule is CC(=O)NC[C@H]1CN(c2ccc3c(c2)sc2nc(C(F)(F)F)c(C)n23)C(=O)O1. The predicted molar refractivity (Wildman–Crippen MR) is 96.6 cm³/mol. The summed E-state index contributed by atoms with van der Waals surface area (Å²) in [6.07, 6.45) is -5.51. The monoisotopic (exact) mass is 412 g/mol. The van der Waals surface area contributed by atoms with E-state index in [1.165, 1.54) is 23.1 Å². The number of aromatic nitrogens is 2. The molecule has 4 rings (SSSR count).